The minimum absolute atomic E-state index is 0.0645. The van der Waals surface area contributed by atoms with Crippen molar-refractivity contribution < 1.29 is 23.1 Å². The monoisotopic (exact) mass is 402 g/mol. The first-order chi connectivity index (χ1) is 12.3. The van der Waals surface area contributed by atoms with E-state index in [2.05, 4.69) is 10.1 Å². The fraction of sp³-hybridized carbons (Fsp3) is 0.176. The van der Waals surface area contributed by atoms with Crippen LogP contribution in [-0.4, -0.2) is 36.9 Å². The number of ether oxygens (including phenoxy) is 1. The number of hydrogen-bond acceptors (Lipinski definition) is 3. The maximum atomic E-state index is 12.3. The predicted molar refractivity (Wildman–Crippen MR) is 95.1 cm³/mol. The number of benzene rings is 2. The first kappa shape index (κ1) is 19.9. The summed E-state index contributed by atoms with van der Waals surface area (Å²) < 4.78 is 28.5. The number of amides is 2. The molecule has 0 spiro atoms. The summed E-state index contributed by atoms with van der Waals surface area (Å²) in [6, 6.07) is 9.94. The molecule has 0 aliphatic carbocycles. The van der Waals surface area contributed by atoms with E-state index in [1.54, 1.807) is 18.2 Å². The second-order valence-electron chi connectivity index (χ2n) is 5.21. The van der Waals surface area contributed by atoms with Crippen molar-refractivity contribution in [2.45, 2.75) is 6.61 Å². The van der Waals surface area contributed by atoms with Gasteiger partial charge in [-0.05, 0) is 36.4 Å². The molecule has 0 atom stereocenters. The van der Waals surface area contributed by atoms with Gasteiger partial charge in [0.05, 0.1) is 22.3 Å². The largest absolute Gasteiger partial charge is 0.435 e. The van der Waals surface area contributed by atoms with Crippen LogP contribution in [0.3, 0.4) is 0 Å². The molecule has 0 radical (unpaired) electrons. The summed E-state index contributed by atoms with van der Waals surface area (Å²) in [5.74, 6) is -1.02. The second kappa shape index (κ2) is 8.82. The number of nitrogens with zero attached hydrogens (tertiary/aromatic N) is 1. The number of alkyl halides is 2. The molecule has 0 aliphatic heterocycles. The molecule has 5 nitrogen and oxygen atoms in total. The van der Waals surface area contributed by atoms with Crippen molar-refractivity contribution in [3.63, 3.8) is 0 Å². The molecule has 1 N–H and O–H groups in total. The topological polar surface area (TPSA) is 58.6 Å². The van der Waals surface area contributed by atoms with Crippen LogP contribution < -0.4 is 10.1 Å². The normalized spacial score (nSPS) is 10.5. The highest BCUT2D eigenvalue weighted by atomic mass is 35.5. The lowest BCUT2D eigenvalue weighted by molar-refractivity contribution is -0.116. The van der Waals surface area contributed by atoms with E-state index in [0.717, 1.165) is 0 Å². The molecule has 0 saturated heterocycles. The fourth-order valence-corrected chi connectivity index (χ4v) is 2.57. The van der Waals surface area contributed by atoms with Crippen molar-refractivity contribution in [2.75, 3.05) is 18.9 Å². The number of anilines is 1. The third-order valence-corrected chi connectivity index (χ3v) is 3.91. The summed E-state index contributed by atoms with van der Waals surface area (Å²) in [5.41, 5.74) is 0.480. The van der Waals surface area contributed by atoms with E-state index in [4.69, 9.17) is 23.2 Å². The molecular formula is C17H14Cl2F2N2O3. The van der Waals surface area contributed by atoms with Crippen LogP contribution in [0.15, 0.2) is 42.5 Å². The van der Waals surface area contributed by atoms with E-state index in [0.29, 0.717) is 0 Å². The molecule has 0 aliphatic rings. The second-order valence-corrected chi connectivity index (χ2v) is 6.02. The average Bonchev–Trinajstić information content (AvgIpc) is 2.58. The predicted octanol–water partition coefficient (Wildman–Crippen LogP) is 4.31. The minimum Gasteiger partial charge on any atom is -0.435 e. The Labute approximate surface area is 158 Å². The summed E-state index contributed by atoms with van der Waals surface area (Å²) in [4.78, 5) is 25.6. The van der Waals surface area contributed by atoms with Crippen LogP contribution in [0.5, 0.6) is 5.75 Å². The van der Waals surface area contributed by atoms with Crippen LogP contribution in [0.2, 0.25) is 10.0 Å². The molecule has 2 rings (SSSR count). The Balaban J connectivity index is 1.99. The molecule has 2 aromatic carbocycles. The lowest BCUT2D eigenvalue weighted by atomic mass is 10.2. The van der Waals surface area contributed by atoms with Crippen molar-refractivity contribution in [3.05, 3.63) is 58.1 Å². The Hall–Kier alpha value is -2.38. The zero-order valence-electron chi connectivity index (χ0n) is 13.5. The Morgan fingerprint density at radius 3 is 2.23 bits per heavy atom. The van der Waals surface area contributed by atoms with E-state index in [1.165, 1.54) is 36.2 Å². The van der Waals surface area contributed by atoms with Crippen LogP contribution in [0, 0.1) is 0 Å². The lowest BCUT2D eigenvalue weighted by Crippen LogP contribution is -2.35. The van der Waals surface area contributed by atoms with Crippen molar-refractivity contribution in [3.8, 4) is 5.75 Å². The van der Waals surface area contributed by atoms with Crippen LogP contribution >= 0.6 is 23.2 Å². The summed E-state index contributed by atoms with van der Waals surface area (Å²) in [6.07, 6.45) is 0. The van der Waals surface area contributed by atoms with Crippen molar-refractivity contribution in [1.29, 1.82) is 0 Å². The molecule has 0 heterocycles. The van der Waals surface area contributed by atoms with Gasteiger partial charge in [0.2, 0.25) is 5.91 Å². The van der Waals surface area contributed by atoms with Gasteiger partial charge in [-0.15, -0.1) is 0 Å². The molecule has 9 heteroatoms. The van der Waals surface area contributed by atoms with Gasteiger partial charge < -0.3 is 15.0 Å². The summed E-state index contributed by atoms with van der Waals surface area (Å²) >= 11 is 11.9. The summed E-state index contributed by atoms with van der Waals surface area (Å²) in [7, 11) is 1.43. The highest BCUT2D eigenvalue weighted by molar-refractivity contribution is 6.39. The Kier molecular flexibility index (Phi) is 6.76. The Morgan fingerprint density at radius 2 is 1.69 bits per heavy atom. The summed E-state index contributed by atoms with van der Waals surface area (Å²) in [5, 5.41) is 3.09. The number of likely N-dealkylation sites (N-methyl/N-ethyl adjacent to an activating group) is 1. The van der Waals surface area contributed by atoms with Gasteiger partial charge in [-0.1, -0.05) is 29.3 Å². The molecule has 0 fully saturated rings. The van der Waals surface area contributed by atoms with Gasteiger partial charge in [-0.25, -0.2) is 0 Å². The summed E-state index contributed by atoms with van der Waals surface area (Å²) in [6.45, 7) is -3.20. The van der Waals surface area contributed by atoms with Gasteiger partial charge in [-0.3, -0.25) is 9.59 Å². The lowest BCUT2D eigenvalue weighted by Gasteiger charge is -2.18. The highest BCUT2D eigenvalue weighted by Gasteiger charge is 2.17. The molecule has 0 bridgehead atoms. The fourth-order valence-electron chi connectivity index (χ4n) is 2.08. The zero-order valence-corrected chi connectivity index (χ0v) is 15.0. The van der Waals surface area contributed by atoms with Crippen LogP contribution in [-0.2, 0) is 4.79 Å². The standard InChI is InChI=1S/C17H14Cl2F2N2O3/c1-23(9-14(24)22-15-12(18)3-2-4-13(15)19)16(25)10-5-7-11(8-6-10)26-17(20)21/h2-8,17H,9H2,1H3,(H,22,24). The molecule has 2 amide bonds. The number of para-hydroxylation sites is 1. The van der Waals surface area contributed by atoms with Crippen molar-refractivity contribution in [2.24, 2.45) is 0 Å². The highest BCUT2D eigenvalue weighted by Crippen LogP contribution is 2.29. The molecule has 0 aromatic heterocycles. The molecule has 0 unspecified atom stereocenters. The zero-order chi connectivity index (χ0) is 19.3. The number of hydrogen-bond donors (Lipinski definition) is 1. The van der Waals surface area contributed by atoms with E-state index >= 15 is 0 Å². The van der Waals surface area contributed by atoms with Gasteiger partial charge in [0.25, 0.3) is 5.91 Å². The maximum Gasteiger partial charge on any atom is 0.387 e. The van der Waals surface area contributed by atoms with E-state index in [-0.39, 0.29) is 33.6 Å². The van der Waals surface area contributed by atoms with E-state index in [9.17, 15) is 18.4 Å². The smallest absolute Gasteiger partial charge is 0.387 e. The van der Waals surface area contributed by atoms with Gasteiger partial charge in [0, 0.05) is 12.6 Å². The molecule has 2 aromatic rings. The van der Waals surface area contributed by atoms with Gasteiger partial charge in [0.1, 0.15) is 5.75 Å². The van der Waals surface area contributed by atoms with Gasteiger partial charge >= 0.3 is 6.61 Å². The van der Waals surface area contributed by atoms with Crippen LogP contribution in [0.4, 0.5) is 14.5 Å². The number of rotatable bonds is 6. The van der Waals surface area contributed by atoms with E-state index < -0.39 is 18.4 Å². The average molecular weight is 403 g/mol. The van der Waals surface area contributed by atoms with Crippen molar-refractivity contribution in [1.82, 2.24) is 4.90 Å². The van der Waals surface area contributed by atoms with E-state index in [1.807, 2.05) is 0 Å². The molecule has 138 valence electrons. The Bertz CT molecular complexity index is 781. The quantitative estimate of drug-likeness (QED) is 0.783. The number of carbonyl (C=O) groups excluding carboxylic acids is 2. The maximum absolute atomic E-state index is 12.3. The van der Waals surface area contributed by atoms with Crippen LogP contribution in [0.1, 0.15) is 10.4 Å². The van der Waals surface area contributed by atoms with Gasteiger partial charge in [0.15, 0.2) is 0 Å². The van der Waals surface area contributed by atoms with Gasteiger partial charge in [-0.2, -0.15) is 8.78 Å². The third-order valence-electron chi connectivity index (χ3n) is 3.28. The molecule has 0 saturated carbocycles. The molecular weight excluding hydrogens is 389 g/mol. The number of nitrogens with one attached hydrogen (secondary N) is 1. The van der Waals surface area contributed by atoms with Crippen LogP contribution in [0.25, 0.3) is 0 Å². The minimum atomic E-state index is -2.94. The van der Waals surface area contributed by atoms with Crippen molar-refractivity contribution >= 4 is 40.7 Å². The third kappa shape index (κ3) is 5.31. The molecule has 26 heavy (non-hydrogen) atoms. The number of carbonyl (C=O) groups is 2. The number of halogens is 4. The first-order valence-corrected chi connectivity index (χ1v) is 8.07. The Morgan fingerprint density at radius 1 is 1.12 bits per heavy atom. The SMILES string of the molecule is CN(CC(=O)Nc1c(Cl)cccc1Cl)C(=O)c1ccc(OC(F)F)cc1. The first-order valence-electron chi connectivity index (χ1n) is 7.32.